The fraction of sp³-hybridized carbons (Fsp3) is 0.944. The van der Waals surface area contributed by atoms with Crippen LogP contribution >= 0.6 is 72.1 Å². The fourth-order valence-corrected chi connectivity index (χ4v) is 5.82. The van der Waals surface area contributed by atoms with Crippen molar-refractivity contribution in [1.82, 2.24) is 5.32 Å². The van der Waals surface area contributed by atoms with Crippen LogP contribution in [-0.2, 0) is 23.7 Å². The summed E-state index contributed by atoms with van der Waals surface area (Å²) in [5, 5.41) is 21.2. The number of carbonyl (C=O) groups is 2. The molecule has 11 nitrogen and oxygen atoms in total. The number of epoxide rings is 2. The average molecular weight is 878 g/mol. The summed E-state index contributed by atoms with van der Waals surface area (Å²) < 4.78 is 23.6. The van der Waals surface area contributed by atoms with Crippen molar-refractivity contribution in [1.29, 1.82) is 0 Å². The number of halogens is 1. The predicted octanol–water partition coefficient (Wildman–Crippen LogP) is 7.81. The smallest absolute Gasteiger partial charge is 0.428 e. The molecule has 4 rings (SSSR count). The highest BCUT2D eigenvalue weighted by atomic mass is 35.5. The zero-order valence-corrected chi connectivity index (χ0v) is 38.1. The molecule has 0 aromatic rings. The topological polar surface area (TPSA) is 165 Å². The summed E-state index contributed by atoms with van der Waals surface area (Å²) in [4.78, 5) is 22.0. The van der Waals surface area contributed by atoms with Gasteiger partial charge in [-0.2, -0.15) is 60.5 Å². The van der Waals surface area contributed by atoms with Gasteiger partial charge < -0.3 is 44.9 Å². The molecule has 4 unspecified atom stereocenters. The Morgan fingerprint density at radius 1 is 0.887 bits per heavy atom. The van der Waals surface area contributed by atoms with E-state index in [1.165, 1.54) is 42.9 Å². The standard InChI is InChI=1S/C10H18O5.2C6H12OS.C5H11NOS.C3H5ClO.C3H8S.C2H7NS.CH4/c1-9(2,3)14-7(11)13-8(12)15-10(4,5)6;1-2-3-8-5-6-4-7-6;7-6-3-1-2-4-8-5-6;7-5-3-6-1-2-8-4-5;4-1-3-2-5-3;1-2-3-4;3-1-2-4;/h1-6H3;6H,2-5H2,1H3;6-7H,1-5H2;5-7H,1-4H2;3H,1-2H2;4H,2-3H2,1H3;4H,1-3H2;1H4. The van der Waals surface area contributed by atoms with Gasteiger partial charge in [0.2, 0.25) is 0 Å². The fourth-order valence-electron chi connectivity index (χ4n) is 2.87. The summed E-state index contributed by atoms with van der Waals surface area (Å²) >= 11 is 18.7. The van der Waals surface area contributed by atoms with E-state index in [2.05, 4.69) is 49.2 Å². The highest BCUT2D eigenvalue weighted by molar-refractivity contribution is 7.99. The molecule has 0 bridgehead atoms. The van der Waals surface area contributed by atoms with Crippen molar-refractivity contribution in [3.8, 4) is 0 Å². The minimum absolute atomic E-state index is 0. The minimum atomic E-state index is -1.06. The van der Waals surface area contributed by atoms with Gasteiger partial charge in [0.15, 0.2) is 0 Å². The summed E-state index contributed by atoms with van der Waals surface area (Å²) in [5.74, 6) is 9.22. The summed E-state index contributed by atoms with van der Waals surface area (Å²) in [6.07, 6.45) is 4.77. The van der Waals surface area contributed by atoms with Gasteiger partial charge in [0.1, 0.15) is 11.2 Å². The number of hydrogen-bond donors (Lipinski definition) is 6. The minimum Gasteiger partial charge on any atom is -0.428 e. The maximum atomic E-state index is 11.0. The second kappa shape index (κ2) is 40.7. The van der Waals surface area contributed by atoms with Gasteiger partial charge in [-0.05, 0) is 84.5 Å². The quantitative estimate of drug-likeness (QED) is 0.0366. The number of aliphatic hydroxyl groups is 2. The van der Waals surface area contributed by atoms with Crippen LogP contribution in [0.15, 0.2) is 0 Å². The van der Waals surface area contributed by atoms with Crippen LogP contribution in [0.2, 0.25) is 0 Å². The number of aliphatic hydroxyl groups excluding tert-OH is 2. The first-order valence-electron chi connectivity index (χ1n) is 18.1. The van der Waals surface area contributed by atoms with Gasteiger partial charge in [0.25, 0.3) is 0 Å². The number of ether oxygens (including phenoxy) is 5. The van der Waals surface area contributed by atoms with E-state index in [9.17, 15) is 9.59 Å². The van der Waals surface area contributed by atoms with Crippen LogP contribution in [0.25, 0.3) is 0 Å². The molecule has 4 saturated heterocycles. The molecule has 53 heavy (non-hydrogen) atoms. The molecule has 322 valence electrons. The van der Waals surface area contributed by atoms with Crippen LogP contribution in [0.5, 0.6) is 0 Å². The summed E-state index contributed by atoms with van der Waals surface area (Å²) in [6.45, 7) is 18.7. The molecular weight excluding hydrogens is 800 g/mol. The first-order chi connectivity index (χ1) is 24.5. The number of β-amino-alcohol motifs (C(OH)–C–C–N with tert-alkyl or cyclic N) is 1. The van der Waals surface area contributed by atoms with E-state index in [4.69, 9.17) is 46.5 Å². The van der Waals surface area contributed by atoms with Crippen molar-refractivity contribution < 1.29 is 43.5 Å². The number of carbonyl (C=O) groups excluding carboxylic acids is 2. The van der Waals surface area contributed by atoms with E-state index in [-0.39, 0.29) is 19.6 Å². The molecule has 0 spiro atoms. The van der Waals surface area contributed by atoms with Crippen LogP contribution < -0.4 is 11.1 Å². The zero-order chi connectivity index (χ0) is 40.3. The van der Waals surface area contributed by atoms with Crippen LogP contribution in [0.3, 0.4) is 0 Å². The molecule has 0 aliphatic carbocycles. The van der Waals surface area contributed by atoms with Crippen LogP contribution in [0.4, 0.5) is 9.59 Å². The molecular formula is C36H77ClN2O9S5. The Balaban J connectivity index is -0.000000276. The number of nitrogens with one attached hydrogen (secondary N) is 1. The second-order valence-electron chi connectivity index (χ2n) is 13.6. The van der Waals surface area contributed by atoms with E-state index in [0.717, 1.165) is 61.5 Å². The largest absolute Gasteiger partial charge is 0.519 e. The first kappa shape index (κ1) is 60.2. The molecule has 17 heteroatoms. The molecule has 0 amide bonds. The average Bonchev–Trinajstić information content (AvgIpc) is 3.95. The Labute approximate surface area is 352 Å². The van der Waals surface area contributed by atoms with Crippen LogP contribution in [0.1, 0.15) is 94.9 Å². The van der Waals surface area contributed by atoms with Crippen molar-refractivity contribution in [2.75, 3.05) is 84.8 Å². The highest BCUT2D eigenvalue weighted by Crippen LogP contribution is 2.17. The molecule has 5 N–H and O–H groups in total. The van der Waals surface area contributed by atoms with Gasteiger partial charge in [0.05, 0.1) is 43.5 Å². The third kappa shape index (κ3) is 59.4. The van der Waals surface area contributed by atoms with Crippen molar-refractivity contribution in [2.45, 2.75) is 131 Å². The van der Waals surface area contributed by atoms with Crippen LogP contribution in [-0.4, -0.2) is 143 Å². The molecule has 4 fully saturated rings. The van der Waals surface area contributed by atoms with Gasteiger partial charge >= 0.3 is 12.3 Å². The zero-order valence-electron chi connectivity index (χ0n) is 33.1. The van der Waals surface area contributed by atoms with E-state index in [0.29, 0.717) is 24.6 Å². The number of rotatable bonds is 7. The number of hydrogen-bond acceptors (Lipinski definition) is 16. The van der Waals surface area contributed by atoms with E-state index in [1.54, 1.807) is 41.5 Å². The number of alkyl halides is 1. The van der Waals surface area contributed by atoms with Gasteiger partial charge in [-0.25, -0.2) is 9.59 Å². The molecule has 4 aliphatic heterocycles. The van der Waals surface area contributed by atoms with E-state index >= 15 is 0 Å². The highest BCUT2D eigenvalue weighted by Gasteiger charge is 2.24. The summed E-state index contributed by atoms with van der Waals surface area (Å²) in [5.41, 5.74) is 3.56. The second-order valence-corrected chi connectivity index (χ2v) is 18.2. The Morgan fingerprint density at radius 3 is 1.77 bits per heavy atom. The maximum absolute atomic E-state index is 11.0. The number of thioether (sulfide) groups is 3. The normalized spacial score (nSPS) is 21.2. The molecule has 0 aromatic carbocycles. The van der Waals surface area contributed by atoms with Gasteiger partial charge in [-0.3, -0.25) is 0 Å². The monoisotopic (exact) mass is 876 g/mol. The molecule has 4 atom stereocenters. The van der Waals surface area contributed by atoms with Crippen molar-refractivity contribution in [2.24, 2.45) is 5.73 Å². The lowest BCUT2D eigenvalue weighted by Gasteiger charge is -2.20. The molecule has 4 heterocycles. The third-order valence-corrected chi connectivity index (χ3v) is 10.1. The Kier molecular flexibility index (Phi) is 46.3. The number of nitrogens with two attached hydrogens (primary N) is 1. The van der Waals surface area contributed by atoms with E-state index in [1.807, 2.05) is 35.3 Å². The van der Waals surface area contributed by atoms with Crippen molar-refractivity contribution >= 4 is 84.5 Å². The molecule has 0 radical (unpaired) electrons. The Morgan fingerprint density at radius 2 is 1.38 bits per heavy atom. The summed E-state index contributed by atoms with van der Waals surface area (Å²) in [6, 6.07) is 0. The SMILES string of the molecule is C.CC(C)(C)OC(=O)OC(=O)OC(C)(C)C.CCCS.CCCSCC1CO1.ClCC1CO1.NCCS.OC1CCCCSC1.OC1CNCCSC1. The van der Waals surface area contributed by atoms with Crippen molar-refractivity contribution in [3.63, 3.8) is 0 Å². The van der Waals surface area contributed by atoms with Gasteiger partial charge in [0, 0.05) is 48.4 Å². The Bertz CT molecular complexity index is 740. The van der Waals surface area contributed by atoms with E-state index < -0.39 is 23.5 Å². The maximum Gasteiger partial charge on any atom is 0.519 e. The third-order valence-electron chi connectivity index (χ3n) is 5.43. The first-order valence-corrected chi connectivity index (χ1v) is 23.4. The molecule has 0 aromatic heterocycles. The lowest BCUT2D eigenvalue weighted by Crippen LogP contribution is -2.29. The van der Waals surface area contributed by atoms with Crippen molar-refractivity contribution in [3.05, 3.63) is 0 Å². The Hall–Kier alpha value is 0.540. The van der Waals surface area contributed by atoms with Crippen LogP contribution in [0, 0.1) is 0 Å². The molecule has 0 saturated carbocycles. The van der Waals surface area contributed by atoms with Gasteiger partial charge in [-0.15, -0.1) is 11.6 Å². The predicted molar refractivity (Wildman–Crippen MR) is 239 cm³/mol. The lowest BCUT2D eigenvalue weighted by molar-refractivity contribution is -0.0293. The summed E-state index contributed by atoms with van der Waals surface area (Å²) in [7, 11) is 0. The molecule has 4 aliphatic rings. The lowest BCUT2D eigenvalue weighted by atomic mass is 10.2. The van der Waals surface area contributed by atoms with Gasteiger partial charge in [-0.1, -0.05) is 27.7 Å². The number of thiol groups is 2.